The average molecular weight is 534 g/mol. The number of rotatable bonds is 7. The van der Waals surface area contributed by atoms with Gasteiger partial charge < -0.3 is 19.5 Å². The van der Waals surface area contributed by atoms with E-state index in [1.54, 1.807) is 6.07 Å². The van der Waals surface area contributed by atoms with E-state index in [0.717, 1.165) is 50.8 Å². The van der Waals surface area contributed by atoms with Crippen molar-refractivity contribution in [1.82, 2.24) is 29.4 Å². The number of benzene rings is 1. The minimum absolute atomic E-state index is 0.00262. The Morgan fingerprint density at radius 3 is 2.49 bits per heavy atom. The summed E-state index contributed by atoms with van der Waals surface area (Å²) >= 11 is 0. The van der Waals surface area contributed by atoms with Gasteiger partial charge in [-0.2, -0.15) is 0 Å². The monoisotopic (exact) mass is 533 g/mol. The minimum atomic E-state index is -0.642. The van der Waals surface area contributed by atoms with E-state index in [9.17, 15) is 8.78 Å². The van der Waals surface area contributed by atoms with Crippen LogP contribution in [0.1, 0.15) is 51.0 Å². The smallest absolute Gasteiger partial charge is 0.229 e. The molecule has 4 aromatic rings. The predicted octanol–water partition coefficient (Wildman–Crippen LogP) is 5.76. The lowest BCUT2D eigenvalue weighted by atomic mass is 9.80. The topological polar surface area (TPSA) is 84.3 Å². The fourth-order valence-electron chi connectivity index (χ4n) is 5.95. The zero-order valence-electron chi connectivity index (χ0n) is 22.7. The van der Waals surface area contributed by atoms with Crippen LogP contribution < -0.4 is 5.32 Å². The maximum absolute atomic E-state index is 15.0. The quantitative estimate of drug-likeness (QED) is 0.303. The van der Waals surface area contributed by atoms with E-state index in [0.29, 0.717) is 28.6 Å². The SMILES string of the molecule is CCN1CCC([C@@]2(c3ccc(Nc4ncc(F)c(-c5cc(F)c6nc(C)n(C(C)C)c6c5)n4)nc3)CO2)CC1. The molecule has 2 aliphatic rings. The number of nitrogens with one attached hydrogen (secondary N) is 1. The van der Waals surface area contributed by atoms with Gasteiger partial charge in [0.25, 0.3) is 0 Å². The second-order valence-corrected chi connectivity index (χ2v) is 10.8. The van der Waals surface area contributed by atoms with Crippen molar-refractivity contribution in [3.63, 3.8) is 0 Å². The largest absolute Gasteiger partial charge is 0.364 e. The highest BCUT2D eigenvalue weighted by Gasteiger charge is 2.53. The molecule has 8 nitrogen and oxygen atoms in total. The summed E-state index contributed by atoms with van der Waals surface area (Å²) in [5.74, 6) is 0.717. The summed E-state index contributed by atoms with van der Waals surface area (Å²) in [6.07, 6.45) is 5.15. The molecule has 1 atom stereocenters. The van der Waals surface area contributed by atoms with Gasteiger partial charge in [-0.15, -0.1) is 0 Å². The fraction of sp³-hybridized carbons (Fsp3) is 0.448. The zero-order valence-corrected chi connectivity index (χ0v) is 22.7. The van der Waals surface area contributed by atoms with Crippen molar-refractivity contribution < 1.29 is 13.5 Å². The molecule has 204 valence electrons. The number of anilines is 2. The van der Waals surface area contributed by atoms with Crippen LogP contribution in [0.25, 0.3) is 22.3 Å². The molecule has 0 spiro atoms. The molecule has 0 unspecified atom stereocenters. The third kappa shape index (κ3) is 4.65. The summed E-state index contributed by atoms with van der Waals surface area (Å²) in [7, 11) is 0. The number of imidazole rings is 1. The Labute approximate surface area is 226 Å². The molecule has 2 fully saturated rings. The van der Waals surface area contributed by atoms with Crippen molar-refractivity contribution in [2.45, 2.75) is 52.2 Å². The van der Waals surface area contributed by atoms with Crippen molar-refractivity contribution in [2.24, 2.45) is 5.92 Å². The van der Waals surface area contributed by atoms with Gasteiger partial charge in [0.1, 0.15) is 28.5 Å². The van der Waals surface area contributed by atoms with Crippen LogP contribution in [0, 0.1) is 24.5 Å². The van der Waals surface area contributed by atoms with Crippen LogP contribution >= 0.6 is 0 Å². The van der Waals surface area contributed by atoms with Crippen molar-refractivity contribution >= 4 is 22.8 Å². The highest BCUT2D eigenvalue weighted by atomic mass is 19.1. The van der Waals surface area contributed by atoms with Crippen molar-refractivity contribution in [2.75, 3.05) is 31.6 Å². The number of aromatic nitrogens is 5. The number of fused-ring (bicyclic) bond motifs is 1. The van der Waals surface area contributed by atoms with Crippen LogP contribution in [0.15, 0.2) is 36.7 Å². The van der Waals surface area contributed by atoms with Gasteiger partial charge >= 0.3 is 0 Å². The van der Waals surface area contributed by atoms with Crippen LogP contribution in [-0.2, 0) is 10.3 Å². The van der Waals surface area contributed by atoms with E-state index in [-0.39, 0.29) is 28.8 Å². The van der Waals surface area contributed by atoms with Crippen molar-refractivity contribution in [3.8, 4) is 11.3 Å². The highest BCUT2D eigenvalue weighted by molar-refractivity contribution is 5.83. The Hall–Kier alpha value is -3.50. The number of halogens is 2. The van der Waals surface area contributed by atoms with E-state index in [2.05, 4.69) is 37.1 Å². The molecule has 0 saturated carbocycles. The first kappa shape index (κ1) is 25.8. The van der Waals surface area contributed by atoms with Crippen LogP contribution in [0.5, 0.6) is 0 Å². The highest BCUT2D eigenvalue weighted by Crippen LogP contribution is 2.49. The standard InChI is InChI=1S/C29H33F2N7O/c1-5-37-10-8-20(9-11-37)29(16-39-29)21-6-7-25(32-14-21)35-28-33-15-23(31)26(36-28)19-12-22(30)27-24(13-19)38(17(2)3)18(4)34-27/h6-7,12-15,17,20H,5,8-11,16H2,1-4H3,(H,32,33,35,36)/t29-/m1/s1. The second-order valence-electron chi connectivity index (χ2n) is 10.8. The van der Waals surface area contributed by atoms with Crippen LogP contribution in [0.4, 0.5) is 20.5 Å². The number of aryl methyl sites for hydroxylation is 1. The minimum Gasteiger partial charge on any atom is -0.364 e. The number of ether oxygens (including phenoxy) is 1. The second kappa shape index (κ2) is 9.91. The molecule has 0 radical (unpaired) electrons. The van der Waals surface area contributed by atoms with Gasteiger partial charge in [-0.25, -0.2) is 28.7 Å². The van der Waals surface area contributed by atoms with E-state index in [1.807, 2.05) is 43.7 Å². The van der Waals surface area contributed by atoms with Crippen molar-refractivity contribution in [3.05, 3.63) is 59.7 Å². The molecule has 1 N–H and O–H groups in total. The number of nitrogens with zero attached hydrogens (tertiary/aromatic N) is 6. The van der Waals surface area contributed by atoms with E-state index < -0.39 is 11.6 Å². The summed E-state index contributed by atoms with van der Waals surface area (Å²) < 4.78 is 37.8. The number of epoxide rings is 1. The van der Waals surface area contributed by atoms with Gasteiger partial charge in [-0.1, -0.05) is 13.0 Å². The summed E-state index contributed by atoms with van der Waals surface area (Å²) in [5, 5.41) is 3.06. The molecule has 0 bridgehead atoms. The Kier molecular flexibility index (Phi) is 6.55. The number of hydrogen-bond donors (Lipinski definition) is 1. The van der Waals surface area contributed by atoms with E-state index in [1.165, 1.54) is 6.07 Å². The van der Waals surface area contributed by atoms with Crippen molar-refractivity contribution in [1.29, 1.82) is 0 Å². The summed E-state index contributed by atoms with van der Waals surface area (Å²) in [4.78, 5) is 19.9. The molecule has 1 aromatic carbocycles. The lowest BCUT2D eigenvalue weighted by Gasteiger charge is -2.34. The molecular formula is C29H33F2N7O. The van der Waals surface area contributed by atoms with Gasteiger partial charge in [0.15, 0.2) is 11.6 Å². The molecule has 5 heterocycles. The third-order valence-electron chi connectivity index (χ3n) is 8.10. The Morgan fingerprint density at radius 1 is 1.08 bits per heavy atom. The molecular weight excluding hydrogens is 500 g/mol. The molecule has 3 aromatic heterocycles. The molecule has 39 heavy (non-hydrogen) atoms. The van der Waals surface area contributed by atoms with Gasteiger partial charge in [-0.3, -0.25) is 0 Å². The first-order chi connectivity index (χ1) is 18.8. The van der Waals surface area contributed by atoms with E-state index >= 15 is 0 Å². The molecule has 0 amide bonds. The first-order valence-corrected chi connectivity index (χ1v) is 13.6. The fourth-order valence-corrected chi connectivity index (χ4v) is 5.95. The van der Waals surface area contributed by atoms with Crippen LogP contribution in [0.3, 0.4) is 0 Å². The lowest BCUT2D eigenvalue weighted by molar-refractivity contribution is 0.120. The first-order valence-electron chi connectivity index (χ1n) is 13.6. The van der Waals surface area contributed by atoms with E-state index in [4.69, 9.17) is 4.74 Å². The predicted molar refractivity (Wildman–Crippen MR) is 146 cm³/mol. The number of hydrogen-bond acceptors (Lipinski definition) is 7. The van der Waals surface area contributed by atoms with Gasteiger partial charge in [0, 0.05) is 23.4 Å². The van der Waals surface area contributed by atoms with Gasteiger partial charge in [0.05, 0.1) is 18.3 Å². The maximum Gasteiger partial charge on any atom is 0.229 e. The lowest BCUT2D eigenvalue weighted by Crippen LogP contribution is -2.38. The zero-order chi connectivity index (χ0) is 27.3. The third-order valence-corrected chi connectivity index (χ3v) is 8.10. The Morgan fingerprint density at radius 2 is 1.85 bits per heavy atom. The van der Waals surface area contributed by atoms with Crippen LogP contribution in [0.2, 0.25) is 0 Å². The van der Waals surface area contributed by atoms with Crippen LogP contribution in [-0.4, -0.2) is 55.6 Å². The molecule has 0 aliphatic carbocycles. The Balaban J connectivity index is 1.24. The summed E-state index contributed by atoms with van der Waals surface area (Å²) in [6.45, 7) is 12.0. The molecule has 2 aliphatic heterocycles. The molecule has 2 saturated heterocycles. The normalized spacial score (nSPS) is 20.2. The Bertz CT molecular complexity index is 1510. The summed E-state index contributed by atoms with van der Waals surface area (Å²) in [6, 6.07) is 6.94. The van der Waals surface area contributed by atoms with Gasteiger partial charge in [-0.05, 0) is 77.4 Å². The molecule has 10 heteroatoms. The van der Waals surface area contributed by atoms with Gasteiger partial charge in [0.2, 0.25) is 5.95 Å². The molecule has 6 rings (SSSR count). The number of pyridine rings is 1. The maximum atomic E-state index is 15.0. The summed E-state index contributed by atoms with van der Waals surface area (Å²) in [5.41, 5.74) is 2.01. The number of likely N-dealkylation sites (tertiary alicyclic amines) is 1. The average Bonchev–Trinajstić information content (AvgIpc) is 3.66. The number of piperidine rings is 1.